The predicted molar refractivity (Wildman–Crippen MR) is 35.9 cm³/mol. The molecule has 1 saturated heterocycles. The largest absolute Gasteiger partial charge is 0.287 e. The van der Waals surface area contributed by atoms with Crippen molar-refractivity contribution in [1.29, 1.82) is 0 Å². The minimum Gasteiger partial charge on any atom is -0.287 e. The van der Waals surface area contributed by atoms with Crippen molar-refractivity contribution in [2.75, 3.05) is 5.75 Å². The van der Waals surface area contributed by atoms with Gasteiger partial charge in [-0.2, -0.15) is 0 Å². The van der Waals surface area contributed by atoms with Gasteiger partial charge in [-0.1, -0.05) is 11.8 Å². The van der Waals surface area contributed by atoms with Crippen LogP contribution in [0.25, 0.3) is 0 Å². The smallest absolute Gasteiger partial charge is 0.259 e. The van der Waals surface area contributed by atoms with Gasteiger partial charge in [-0.15, -0.1) is 0 Å². The highest BCUT2D eigenvalue weighted by atomic mass is 32.2. The van der Waals surface area contributed by atoms with Gasteiger partial charge in [-0.05, 0) is 6.92 Å². The Morgan fingerprint density at radius 3 is 2.50 bits per heavy atom. The molecule has 0 spiro atoms. The highest BCUT2D eigenvalue weighted by molar-refractivity contribution is 8.15. The summed E-state index contributed by atoms with van der Waals surface area (Å²) in [5.41, 5.74) is 0. The maximum absolute atomic E-state index is 12.6. The van der Waals surface area contributed by atoms with E-state index in [-0.39, 0.29) is 5.75 Å². The van der Waals surface area contributed by atoms with Crippen LogP contribution in [-0.2, 0) is 4.79 Å². The highest BCUT2D eigenvalue weighted by Gasteiger charge is 2.48. The lowest BCUT2D eigenvalue weighted by Crippen LogP contribution is -2.41. The molecule has 1 heterocycles. The van der Waals surface area contributed by atoms with Crippen molar-refractivity contribution >= 4 is 16.9 Å². The molecule has 1 fully saturated rings. The topological polar surface area (TPSA) is 17.1 Å². The summed E-state index contributed by atoms with van der Waals surface area (Å²) in [6, 6.07) is 0. The van der Waals surface area contributed by atoms with E-state index < -0.39 is 23.4 Å². The first-order chi connectivity index (χ1) is 4.58. The van der Waals surface area contributed by atoms with E-state index in [4.69, 9.17) is 0 Å². The molecule has 1 aliphatic heterocycles. The second-order valence-corrected chi connectivity index (χ2v) is 3.22. The monoisotopic (exact) mass is 165 g/mol. The molecule has 0 bridgehead atoms. The van der Waals surface area contributed by atoms with E-state index in [0.717, 1.165) is 11.8 Å². The Balaban J connectivity index is 2.55. The third-order valence-corrected chi connectivity index (χ3v) is 2.59. The van der Waals surface area contributed by atoms with Gasteiger partial charge in [0, 0.05) is 12.2 Å². The number of thioether (sulfide) groups is 1. The van der Waals surface area contributed by atoms with Crippen LogP contribution in [0.4, 0.5) is 8.78 Å². The number of alkyl halides is 2. The third-order valence-electron chi connectivity index (χ3n) is 1.52. The van der Waals surface area contributed by atoms with Crippen LogP contribution in [0.5, 0.6) is 0 Å². The Morgan fingerprint density at radius 2 is 2.40 bits per heavy atom. The molecule has 0 aromatic rings. The summed E-state index contributed by atoms with van der Waals surface area (Å²) in [5.74, 6) is -3.68. The van der Waals surface area contributed by atoms with Crippen LogP contribution >= 0.6 is 11.8 Å². The van der Waals surface area contributed by atoms with Gasteiger partial charge in [0.1, 0.15) is 5.92 Å². The van der Waals surface area contributed by atoms with E-state index >= 15 is 0 Å². The van der Waals surface area contributed by atoms with Gasteiger partial charge in [-0.3, -0.25) is 4.79 Å². The molecule has 1 unspecified atom stereocenters. The minimum atomic E-state index is -2.87. The van der Waals surface area contributed by atoms with E-state index in [2.05, 4.69) is 6.92 Å². The Morgan fingerprint density at radius 1 is 1.80 bits per heavy atom. The Bertz CT molecular complexity index is 158. The molecular weight excluding hydrogens is 158 g/mol. The zero-order chi connectivity index (χ0) is 7.78. The van der Waals surface area contributed by atoms with E-state index in [9.17, 15) is 13.6 Å². The molecule has 4 heteroatoms. The number of carbonyl (C=O) groups excluding carboxylic acids is 1. The van der Waals surface area contributed by atoms with Crippen LogP contribution < -0.4 is 0 Å². The quantitative estimate of drug-likeness (QED) is 0.620. The SMILES string of the molecule is [CH2]CC(F)(F)C1CSC1=O. The van der Waals surface area contributed by atoms with Crippen molar-refractivity contribution in [2.24, 2.45) is 5.92 Å². The van der Waals surface area contributed by atoms with Crippen LogP contribution in [0.3, 0.4) is 0 Å². The van der Waals surface area contributed by atoms with Crippen molar-refractivity contribution < 1.29 is 13.6 Å². The van der Waals surface area contributed by atoms with Gasteiger partial charge in [0.25, 0.3) is 5.92 Å². The lowest BCUT2D eigenvalue weighted by atomic mass is 10.0. The Kier molecular flexibility index (Phi) is 1.99. The summed E-state index contributed by atoms with van der Waals surface area (Å²) in [6.07, 6.45) is -0.482. The van der Waals surface area contributed by atoms with Gasteiger partial charge < -0.3 is 0 Å². The van der Waals surface area contributed by atoms with Gasteiger partial charge in [0.05, 0.1) is 0 Å². The van der Waals surface area contributed by atoms with Gasteiger partial charge in [0.2, 0.25) is 0 Å². The lowest BCUT2D eigenvalue weighted by molar-refractivity contribution is -0.128. The molecule has 57 valence electrons. The second kappa shape index (κ2) is 2.49. The third kappa shape index (κ3) is 1.17. The molecule has 1 rings (SSSR count). The molecule has 1 atom stereocenters. The van der Waals surface area contributed by atoms with Crippen molar-refractivity contribution in [3.8, 4) is 0 Å². The maximum Gasteiger partial charge on any atom is 0.259 e. The molecule has 0 amide bonds. The molecule has 0 saturated carbocycles. The summed E-state index contributed by atoms with van der Waals surface area (Å²) in [6.45, 7) is 3.08. The number of hydrogen-bond donors (Lipinski definition) is 0. The van der Waals surface area contributed by atoms with E-state index in [0.29, 0.717) is 0 Å². The molecule has 10 heavy (non-hydrogen) atoms. The summed E-state index contributed by atoms with van der Waals surface area (Å²) < 4.78 is 25.1. The Labute approximate surface area is 62.2 Å². The van der Waals surface area contributed by atoms with Crippen molar-refractivity contribution in [2.45, 2.75) is 12.3 Å². The second-order valence-electron chi connectivity index (χ2n) is 2.19. The molecule has 1 aliphatic rings. The summed E-state index contributed by atoms with van der Waals surface area (Å²) >= 11 is 0.964. The number of carbonyl (C=O) groups is 1. The fourth-order valence-electron chi connectivity index (χ4n) is 0.703. The zero-order valence-corrected chi connectivity index (χ0v) is 6.09. The van der Waals surface area contributed by atoms with Crippen molar-refractivity contribution in [3.05, 3.63) is 6.92 Å². The maximum atomic E-state index is 12.6. The van der Waals surface area contributed by atoms with E-state index in [1.165, 1.54) is 0 Å². The average Bonchev–Trinajstić information content (AvgIpc) is 1.84. The van der Waals surface area contributed by atoms with Gasteiger partial charge in [-0.25, -0.2) is 8.78 Å². The van der Waals surface area contributed by atoms with Crippen molar-refractivity contribution in [3.63, 3.8) is 0 Å². The molecular formula is C6H7F2OS. The number of halogens is 2. The van der Waals surface area contributed by atoms with Gasteiger partial charge in [0.15, 0.2) is 5.12 Å². The van der Waals surface area contributed by atoms with Crippen LogP contribution in [0.2, 0.25) is 0 Å². The molecule has 0 aromatic carbocycles. The normalized spacial score (nSPS) is 26.3. The molecule has 1 nitrogen and oxygen atoms in total. The first-order valence-corrected chi connectivity index (χ1v) is 3.90. The minimum absolute atomic E-state index is 0.251. The Hall–Kier alpha value is -0.120. The van der Waals surface area contributed by atoms with E-state index in [1.807, 2.05) is 0 Å². The summed E-state index contributed by atoms with van der Waals surface area (Å²) in [5, 5.41) is -0.395. The molecule has 1 radical (unpaired) electrons. The standard InChI is InChI=1S/C6H7F2OS/c1-2-6(7,8)4-3-10-5(4)9/h4H,1-3H2. The molecule has 0 N–H and O–H groups in total. The van der Waals surface area contributed by atoms with Gasteiger partial charge >= 0.3 is 0 Å². The molecule has 0 aliphatic carbocycles. The average molecular weight is 165 g/mol. The lowest BCUT2D eigenvalue weighted by Gasteiger charge is -2.29. The first kappa shape index (κ1) is 7.98. The summed E-state index contributed by atoms with van der Waals surface area (Å²) in [4.78, 5) is 10.5. The highest BCUT2D eigenvalue weighted by Crippen LogP contribution is 2.40. The first-order valence-electron chi connectivity index (χ1n) is 2.91. The van der Waals surface area contributed by atoms with Crippen LogP contribution in [0.1, 0.15) is 6.42 Å². The zero-order valence-electron chi connectivity index (χ0n) is 5.27. The van der Waals surface area contributed by atoms with Crippen LogP contribution in [-0.4, -0.2) is 16.8 Å². The predicted octanol–water partition coefficient (Wildman–Crippen LogP) is 1.74. The fourth-order valence-corrected chi connectivity index (χ4v) is 1.59. The number of rotatable bonds is 2. The molecule has 0 aromatic heterocycles. The van der Waals surface area contributed by atoms with E-state index in [1.54, 1.807) is 0 Å². The van der Waals surface area contributed by atoms with Crippen LogP contribution in [0, 0.1) is 12.8 Å². The number of hydrogen-bond acceptors (Lipinski definition) is 2. The summed E-state index contributed by atoms with van der Waals surface area (Å²) in [7, 11) is 0. The fraction of sp³-hybridized carbons (Fsp3) is 0.667. The van der Waals surface area contributed by atoms with Crippen molar-refractivity contribution in [1.82, 2.24) is 0 Å². The van der Waals surface area contributed by atoms with Crippen LogP contribution in [0.15, 0.2) is 0 Å².